The van der Waals surface area contributed by atoms with Gasteiger partial charge < -0.3 is 15.2 Å². The molecule has 0 spiro atoms. The zero-order valence-corrected chi connectivity index (χ0v) is 16.3. The van der Waals surface area contributed by atoms with Crippen LogP contribution in [0.15, 0.2) is 33.9 Å². The molecule has 0 bridgehead atoms. The van der Waals surface area contributed by atoms with Crippen molar-refractivity contribution >= 4 is 42.5 Å². The molecule has 0 aromatic carbocycles. The smallest absolute Gasteiger partial charge is 0.254 e. The van der Waals surface area contributed by atoms with E-state index in [0.29, 0.717) is 11.3 Å². The van der Waals surface area contributed by atoms with E-state index < -0.39 is 0 Å². The van der Waals surface area contributed by atoms with E-state index in [1.165, 1.54) is 11.8 Å². The van der Waals surface area contributed by atoms with E-state index in [1.54, 1.807) is 12.3 Å². The molecule has 1 saturated heterocycles. The Morgan fingerprint density at radius 3 is 3.00 bits per heavy atom. The fraction of sp³-hybridized carbons (Fsp3) is 0.438. The zero-order valence-electron chi connectivity index (χ0n) is 13.9. The number of hydrogen-bond acceptors (Lipinski definition) is 6. The number of carbonyl (C=O) groups is 1. The van der Waals surface area contributed by atoms with Crippen LogP contribution in [0.1, 0.15) is 34.7 Å². The maximum Gasteiger partial charge on any atom is 0.254 e. The number of piperidine rings is 1. The summed E-state index contributed by atoms with van der Waals surface area (Å²) in [5.41, 5.74) is 1.46. The van der Waals surface area contributed by atoms with Gasteiger partial charge in [0.15, 0.2) is 0 Å². The Hall–Kier alpha value is -1.28. The minimum Gasteiger partial charge on any atom is -0.361 e. The lowest BCUT2D eigenvalue weighted by Gasteiger charge is -2.24. The van der Waals surface area contributed by atoms with Gasteiger partial charge in [0.05, 0.1) is 11.3 Å². The number of rotatable bonds is 5. The molecule has 138 valence electrons. The second-order valence-corrected chi connectivity index (χ2v) is 6.55. The number of aryl methyl sites for hydroxylation is 1. The van der Waals surface area contributed by atoms with E-state index in [2.05, 4.69) is 20.8 Å². The van der Waals surface area contributed by atoms with Crippen molar-refractivity contribution in [2.24, 2.45) is 0 Å². The maximum absolute atomic E-state index is 12.5. The monoisotopic (exact) mass is 404 g/mol. The quantitative estimate of drug-likeness (QED) is 0.745. The van der Waals surface area contributed by atoms with Crippen molar-refractivity contribution in [3.8, 4) is 0 Å². The highest BCUT2D eigenvalue weighted by Crippen LogP contribution is 2.24. The predicted molar refractivity (Wildman–Crippen MR) is 103 cm³/mol. The average molecular weight is 405 g/mol. The van der Waals surface area contributed by atoms with Gasteiger partial charge in [0.25, 0.3) is 5.91 Å². The molecule has 1 fully saturated rings. The topological polar surface area (TPSA) is 80.0 Å². The summed E-state index contributed by atoms with van der Waals surface area (Å²) in [4.78, 5) is 16.9. The van der Waals surface area contributed by atoms with E-state index in [-0.39, 0.29) is 36.8 Å². The van der Waals surface area contributed by atoms with Crippen molar-refractivity contribution in [1.82, 2.24) is 20.8 Å². The van der Waals surface area contributed by atoms with Gasteiger partial charge in [-0.15, -0.1) is 24.8 Å². The van der Waals surface area contributed by atoms with Gasteiger partial charge in [0.1, 0.15) is 10.8 Å². The highest BCUT2D eigenvalue weighted by atomic mass is 35.5. The summed E-state index contributed by atoms with van der Waals surface area (Å²) in [7, 11) is 0. The van der Waals surface area contributed by atoms with Crippen LogP contribution >= 0.6 is 36.6 Å². The van der Waals surface area contributed by atoms with E-state index in [4.69, 9.17) is 4.52 Å². The summed E-state index contributed by atoms with van der Waals surface area (Å²) < 4.78 is 5.06. The molecule has 2 aromatic rings. The molecule has 0 radical (unpaired) electrons. The van der Waals surface area contributed by atoms with Gasteiger partial charge in [-0.2, -0.15) is 0 Å². The van der Waals surface area contributed by atoms with Gasteiger partial charge in [0, 0.05) is 30.6 Å². The van der Waals surface area contributed by atoms with Gasteiger partial charge in [-0.3, -0.25) is 4.79 Å². The van der Waals surface area contributed by atoms with Crippen LogP contribution in [-0.2, 0) is 5.75 Å². The minimum atomic E-state index is -0.0642. The molecule has 0 saturated carbocycles. The number of carbonyl (C=O) groups excluding carboxylic acids is 1. The first kappa shape index (κ1) is 21.8. The van der Waals surface area contributed by atoms with Gasteiger partial charge >= 0.3 is 0 Å². The lowest BCUT2D eigenvalue weighted by atomic mass is 10.1. The molecular formula is C16H22Cl2N4O2S. The summed E-state index contributed by atoms with van der Waals surface area (Å²) in [6, 6.07) is 5.68. The zero-order chi connectivity index (χ0) is 16.1. The SMILES string of the molecule is Cc1cc(CSc2ncccc2C(=O)N[C@H]2CCCNC2)no1.Cl.Cl. The van der Waals surface area contributed by atoms with E-state index in [9.17, 15) is 4.79 Å². The molecule has 0 unspecified atom stereocenters. The Balaban J connectivity index is 0.00000156. The molecule has 1 amide bonds. The largest absolute Gasteiger partial charge is 0.361 e. The van der Waals surface area contributed by atoms with Crippen molar-refractivity contribution in [3.63, 3.8) is 0 Å². The third kappa shape index (κ3) is 6.18. The Bertz CT molecular complexity index is 678. The molecule has 25 heavy (non-hydrogen) atoms. The molecule has 2 N–H and O–H groups in total. The molecule has 2 aromatic heterocycles. The van der Waals surface area contributed by atoms with Crippen LogP contribution in [0.4, 0.5) is 0 Å². The van der Waals surface area contributed by atoms with Crippen molar-refractivity contribution < 1.29 is 9.32 Å². The van der Waals surface area contributed by atoms with Crippen molar-refractivity contribution in [2.45, 2.75) is 36.6 Å². The Kier molecular flexibility index (Phi) is 9.27. The Morgan fingerprint density at radius 2 is 2.32 bits per heavy atom. The fourth-order valence-electron chi connectivity index (χ4n) is 2.55. The van der Waals surface area contributed by atoms with Gasteiger partial charge in [-0.25, -0.2) is 4.98 Å². The summed E-state index contributed by atoms with van der Waals surface area (Å²) in [6.07, 6.45) is 3.81. The van der Waals surface area contributed by atoms with Crippen LogP contribution in [0, 0.1) is 6.92 Å². The number of halogens is 2. The minimum absolute atomic E-state index is 0. The molecular weight excluding hydrogens is 383 g/mol. The second kappa shape index (κ2) is 10.7. The third-order valence-corrected chi connectivity index (χ3v) is 4.72. The van der Waals surface area contributed by atoms with Crippen LogP contribution in [-0.4, -0.2) is 35.2 Å². The molecule has 1 aliphatic rings. The molecule has 1 aliphatic heterocycles. The molecule has 3 rings (SSSR count). The molecule has 0 aliphatic carbocycles. The van der Waals surface area contributed by atoms with Crippen molar-refractivity contribution in [1.29, 1.82) is 0 Å². The average Bonchev–Trinajstić information content (AvgIpc) is 2.99. The number of aromatic nitrogens is 2. The maximum atomic E-state index is 12.5. The first-order chi connectivity index (χ1) is 11.2. The summed E-state index contributed by atoms with van der Waals surface area (Å²) in [6.45, 7) is 3.71. The fourth-order valence-corrected chi connectivity index (χ4v) is 3.42. The van der Waals surface area contributed by atoms with E-state index in [1.807, 2.05) is 19.1 Å². The first-order valence-corrected chi connectivity index (χ1v) is 8.72. The molecule has 1 atom stereocenters. The number of pyridine rings is 1. The molecule has 6 nitrogen and oxygen atoms in total. The first-order valence-electron chi connectivity index (χ1n) is 7.74. The number of hydrogen-bond donors (Lipinski definition) is 2. The highest BCUT2D eigenvalue weighted by molar-refractivity contribution is 7.98. The number of nitrogens with zero attached hydrogens (tertiary/aromatic N) is 2. The summed E-state index contributed by atoms with van der Waals surface area (Å²) in [5, 5.41) is 11.1. The normalized spacial score (nSPS) is 16.4. The number of amides is 1. The highest BCUT2D eigenvalue weighted by Gasteiger charge is 2.19. The number of nitrogens with one attached hydrogen (secondary N) is 2. The molecule has 3 heterocycles. The van der Waals surface area contributed by atoms with Crippen LogP contribution in [0.2, 0.25) is 0 Å². The predicted octanol–water partition coefficient (Wildman–Crippen LogP) is 3.00. The summed E-state index contributed by atoms with van der Waals surface area (Å²) >= 11 is 1.49. The lowest BCUT2D eigenvalue weighted by molar-refractivity contribution is 0.0927. The van der Waals surface area contributed by atoms with Gasteiger partial charge in [-0.1, -0.05) is 16.9 Å². The van der Waals surface area contributed by atoms with E-state index in [0.717, 1.165) is 42.4 Å². The number of thioether (sulfide) groups is 1. The van der Waals surface area contributed by atoms with E-state index >= 15 is 0 Å². The van der Waals surface area contributed by atoms with Crippen molar-refractivity contribution in [2.75, 3.05) is 13.1 Å². The molecule has 9 heteroatoms. The summed E-state index contributed by atoms with van der Waals surface area (Å²) in [5.74, 6) is 1.34. The van der Waals surface area contributed by atoms with Crippen LogP contribution in [0.5, 0.6) is 0 Å². The second-order valence-electron chi connectivity index (χ2n) is 5.59. The van der Waals surface area contributed by atoms with Crippen LogP contribution < -0.4 is 10.6 Å². The third-order valence-electron chi connectivity index (χ3n) is 3.68. The Morgan fingerprint density at radius 1 is 1.48 bits per heavy atom. The Labute approximate surface area is 163 Å². The van der Waals surface area contributed by atoms with Crippen LogP contribution in [0.25, 0.3) is 0 Å². The van der Waals surface area contributed by atoms with Crippen molar-refractivity contribution in [3.05, 3.63) is 41.4 Å². The lowest BCUT2D eigenvalue weighted by Crippen LogP contribution is -2.45. The van der Waals surface area contributed by atoms with Crippen LogP contribution in [0.3, 0.4) is 0 Å². The van der Waals surface area contributed by atoms with Gasteiger partial charge in [0.2, 0.25) is 0 Å². The standard InChI is InChI=1S/C16H20N4O2S.2ClH/c1-11-8-13(20-22-11)10-23-16-14(5-3-7-18-16)15(21)19-12-4-2-6-17-9-12;;/h3,5,7-8,12,17H,2,4,6,9-10H2,1H3,(H,19,21);2*1H/t12-;;/m0../s1. The van der Waals surface area contributed by atoms with Gasteiger partial charge in [-0.05, 0) is 38.4 Å².